The van der Waals surface area contributed by atoms with Crippen LogP contribution in [-0.4, -0.2) is 17.5 Å². The highest BCUT2D eigenvalue weighted by Crippen LogP contribution is 2.28. The number of rotatable bonds is 3. The molecule has 1 heterocycles. The van der Waals surface area contributed by atoms with Crippen molar-refractivity contribution in [1.82, 2.24) is 5.32 Å². The van der Waals surface area contributed by atoms with Crippen LogP contribution < -0.4 is 5.32 Å². The summed E-state index contributed by atoms with van der Waals surface area (Å²) in [6.07, 6.45) is 0. The molecular formula is C16H24N2S. The average Bonchev–Trinajstić information content (AvgIpc) is 2.84. The van der Waals surface area contributed by atoms with Crippen LogP contribution in [-0.2, 0) is 0 Å². The minimum Gasteiger partial charge on any atom is -0.357 e. The van der Waals surface area contributed by atoms with Gasteiger partial charge in [-0.05, 0) is 16.9 Å². The van der Waals surface area contributed by atoms with Crippen LogP contribution in [0.3, 0.4) is 0 Å². The topological polar surface area (TPSA) is 24.4 Å². The van der Waals surface area contributed by atoms with Crippen molar-refractivity contribution in [2.45, 2.75) is 33.7 Å². The van der Waals surface area contributed by atoms with Gasteiger partial charge in [0.2, 0.25) is 0 Å². The van der Waals surface area contributed by atoms with Crippen molar-refractivity contribution >= 4 is 16.9 Å². The molecule has 1 aliphatic heterocycles. The van der Waals surface area contributed by atoms with Gasteiger partial charge in [0.1, 0.15) is 0 Å². The lowest BCUT2D eigenvalue weighted by molar-refractivity contribution is 0.269. The van der Waals surface area contributed by atoms with Gasteiger partial charge in [-0.25, -0.2) is 0 Å². The van der Waals surface area contributed by atoms with Gasteiger partial charge in [-0.2, -0.15) is 0 Å². The molecule has 2 unspecified atom stereocenters. The zero-order chi connectivity index (χ0) is 13.9. The first-order chi connectivity index (χ1) is 8.97. The Balaban J connectivity index is 1.92. The van der Waals surface area contributed by atoms with Gasteiger partial charge in [-0.15, -0.1) is 0 Å². The van der Waals surface area contributed by atoms with E-state index in [1.54, 1.807) is 0 Å². The molecule has 1 aromatic rings. The number of hydrogen-bond donors (Lipinski definition) is 1. The van der Waals surface area contributed by atoms with Crippen molar-refractivity contribution in [3.8, 4) is 0 Å². The van der Waals surface area contributed by atoms with E-state index in [4.69, 9.17) is 4.99 Å². The first-order valence-electron chi connectivity index (χ1n) is 6.95. The molecule has 19 heavy (non-hydrogen) atoms. The summed E-state index contributed by atoms with van der Waals surface area (Å²) in [6.45, 7) is 10.0. The Hall–Kier alpha value is -0.960. The highest BCUT2D eigenvalue weighted by molar-refractivity contribution is 8.14. The van der Waals surface area contributed by atoms with Crippen molar-refractivity contribution in [2.75, 3.05) is 12.3 Å². The number of nitrogens with one attached hydrogen (secondary N) is 1. The molecule has 2 rings (SSSR count). The number of amidine groups is 1. The largest absolute Gasteiger partial charge is 0.357 e. The normalized spacial score (nSPS) is 23.4. The molecule has 1 fully saturated rings. The molecule has 1 aromatic carbocycles. The van der Waals surface area contributed by atoms with Crippen LogP contribution >= 0.6 is 11.8 Å². The first-order valence-corrected chi connectivity index (χ1v) is 7.94. The second-order valence-electron chi connectivity index (χ2n) is 6.33. The van der Waals surface area contributed by atoms with Gasteiger partial charge in [0.25, 0.3) is 0 Å². The summed E-state index contributed by atoms with van der Waals surface area (Å²) >= 11 is 1.84. The Morgan fingerprint density at radius 2 is 2.00 bits per heavy atom. The van der Waals surface area contributed by atoms with E-state index in [-0.39, 0.29) is 0 Å². The summed E-state index contributed by atoms with van der Waals surface area (Å²) < 4.78 is 0. The lowest BCUT2D eigenvalue weighted by Gasteiger charge is -2.25. The number of aliphatic imine (C=N–C) groups is 1. The molecule has 0 bridgehead atoms. The molecule has 0 radical (unpaired) electrons. The van der Waals surface area contributed by atoms with Crippen LogP contribution in [0.1, 0.15) is 39.3 Å². The van der Waals surface area contributed by atoms with E-state index < -0.39 is 0 Å². The Kier molecular flexibility index (Phi) is 4.56. The predicted molar refractivity (Wildman–Crippen MR) is 85.7 cm³/mol. The zero-order valence-electron chi connectivity index (χ0n) is 12.3. The number of hydrogen-bond acceptors (Lipinski definition) is 2. The fourth-order valence-corrected chi connectivity index (χ4v) is 2.84. The minimum absolute atomic E-state index is 0.326. The number of thioether (sulfide) groups is 1. The van der Waals surface area contributed by atoms with Crippen molar-refractivity contribution in [2.24, 2.45) is 16.3 Å². The highest BCUT2D eigenvalue weighted by Gasteiger charge is 2.23. The van der Waals surface area contributed by atoms with E-state index in [1.165, 1.54) is 5.56 Å². The maximum Gasteiger partial charge on any atom is 0.157 e. The Morgan fingerprint density at radius 1 is 1.32 bits per heavy atom. The third-order valence-electron chi connectivity index (χ3n) is 3.87. The lowest BCUT2D eigenvalue weighted by Crippen LogP contribution is -2.23. The van der Waals surface area contributed by atoms with Crippen LogP contribution in [0.25, 0.3) is 0 Å². The summed E-state index contributed by atoms with van der Waals surface area (Å²) in [6, 6.07) is 11.0. The lowest BCUT2D eigenvalue weighted by atomic mass is 9.82. The van der Waals surface area contributed by atoms with Crippen LogP contribution in [0.5, 0.6) is 0 Å². The van der Waals surface area contributed by atoms with Gasteiger partial charge in [0.15, 0.2) is 5.17 Å². The Morgan fingerprint density at radius 3 is 2.63 bits per heavy atom. The number of nitrogens with zero attached hydrogens (tertiary/aromatic N) is 1. The van der Waals surface area contributed by atoms with Crippen molar-refractivity contribution < 1.29 is 0 Å². The summed E-state index contributed by atoms with van der Waals surface area (Å²) in [5.74, 6) is 1.67. The van der Waals surface area contributed by atoms with E-state index in [9.17, 15) is 0 Å². The molecule has 104 valence electrons. The molecule has 1 N–H and O–H groups in total. The second-order valence-corrected chi connectivity index (χ2v) is 7.34. The molecular weight excluding hydrogens is 252 g/mol. The molecule has 2 atom stereocenters. The molecule has 0 spiro atoms. The maximum absolute atomic E-state index is 4.73. The van der Waals surface area contributed by atoms with Crippen LogP contribution in [0.4, 0.5) is 0 Å². The third kappa shape index (κ3) is 4.00. The van der Waals surface area contributed by atoms with E-state index >= 15 is 0 Å². The first kappa shape index (κ1) is 14.4. The fraction of sp³-hybridized carbons (Fsp3) is 0.562. The smallest absolute Gasteiger partial charge is 0.157 e. The second kappa shape index (κ2) is 6.00. The molecule has 0 aliphatic carbocycles. The molecule has 1 saturated heterocycles. The van der Waals surface area contributed by atoms with Crippen LogP contribution in [0.15, 0.2) is 35.3 Å². The van der Waals surface area contributed by atoms with Gasteiger partial charge < -0.3 is 5.32 Å². The molecule has 0 saturated carbocycles. The van der Waals surface area contributed by atoms with Gasteiger partial charge in [-0.1, -0.05) is 69.8 Å². The van der Waals surface area contributed by atoms with Gasteiger partial charge >= 0.3 is 0 Å². The summed E-state index contributed by atoms with van der Waals surface area (Å²) in [5, 5.41) is 4.63. The van der Waals surface area contributed by atoms with Crippen molar-refractivity contribution in [3.05, 3.63) is 35.9 Å². The van der Waals surface area contributed by atoms with E-state index in [2.05, 4.69) is 63.3 Å². The van der Waals surface area contributed by atoms with Gasteiger partial charge in [-0.3, -0.25) is 4.99 Å². The van der Waals surface area contributed by atoms with E-state index in [1.807, 2.05) is 11.8 Å². The molecule has 2 nitrogen and oxygen atoms in total. The minimum atomic E-state index is 0.326. The van der Waals surface area contributed by atoms with Crippen molar-refractivity contribution in [3.63, 3.8) is 0 Å². The monoisotopic (exact) mass is 276 g/mol. The number of benzene rings is 1. The summed E-state index contributed by atoms with van der Waals surface area (Å²) in [5.41, 5.74) is 1.68. The Labute approximate surface area is 121 Å². The predicted octanol–water partition coefficient (Wildman–Crippen LogP) is 4.10. The third-order valence-corrected chi connectivity index (χ3v) is 4.89. The quantitative estimate of drug-likeness (QED) is 0.898. The maximum atomic E-state index is 4.73. The SMILES string of the molecule is CC(CN=C1NC(c2ccccc2)CS1)C(C)(C)C. The van der Waals surface area contributed by atoms with Gasteiger partial charge in [0.05, 0.1) is 6.04 Å². The standard InChI is InChI=1S/C16H24N2S/c1-12(16(2,3)4)10-17-15-18-14(11-19-15)13-8-6-5-7-9-13/h5-9,12,14H,10-11H2,1-4H3,(H,17,18). The van der Waals surface area contributed by atoms with E-state index in [0.717, 1.165) is 17.5 Å². The molecule has 0 aromatic heterocycles. The summed E-state index contributed by atoms with van der Waals surface area (Å²) in [7, 11) is 0. The molecule has 3 heteroatoms. The van der Waals surface area contributed by atoms with Gasteiger partial charge in [0, 0.05) is 12.3 Å². The molecule has 0 amide bonds. The van der Waals surface area contributed by atoms with Crippen LogP contribution in [0, 0.1) is 11.3 Å². The highest BCUT2D eigenvalue weighted by atomic mass is 32.2. The summed E-state index contributed by atoms with van der Waals surface area (Å²) in [4.78, 5) is 4.73. The molecule has 1 aliphatic rings. The van der Waals surface area contributed by atoms with E-state index in [0.29, 0.717) is 17.4 Å². The van der Waals surface area contributed by atoms with Crippen LogP contribution in [0.2, 0.25) is 0 Å². The Bertz CT molecular complexity index is 434. The van der Waals surface area contributed by atoms with Crippen molar-refractivity contribution in [1.29, 1.82) is 0 Å². The average molecular weight is 276 g/mol. The zero-order valence-corrected chi connectivity index (χ0v) is 13.1. The fourth-order valence-electron chi connectivity index (χ4n) is 1.84.